The molecular formula is C19H25Br2N3. The molecule has 2 aromatic rings. The third-order valence-electron chi connectivity index (χ3n) is 5.61. The van der Waals surface area contributed by atoms with E-state index in [1.54, 1.807) is 0 Å². The Kier molecular flexibility index (Phi) is 5.18. The van der Waals surface area contributed by atoms with Crippen LogP contribution in [0.5, 0.6) is 0 Å². The summed E-state index contributed by atoms with van der Waals surface area (Å²) in [6.07, 6.45) is 15.4. The minimum absolute atomic E-state index is 0.596. The molecule has 2 aliphatic rings. The maximum absolute atomic E-state index is 5.08. The average molecular weight is 455 g/mol. The Bertz CT molecular complexity index is 713. The number of pyridine rings is 1. The number of fused-ring (bicyclic) bond motifs is 1. The minimum atomic E-state index is 0.596. The van der Waals surface area contributed by atoms with Gasteiger partial charge in [-0.15, -0.1) is 0 Å². The molecule has 0 unspecified atom stereocenters. The van der Waals surface area contributed by atoms with Crippen LogP contribution in [0.25, 0.3) is 5.65 Å². The van der Waals surface area contributed by atoms with Crippen molar-refractivity contribution in [2.45, 2.75) is 76.2 Å². The van der Waals surface area contributed by atoms with Gasteiger partial charge in [0.05, 0.1) is 10.2 Å². The van der Waals surface area contributed by atoms with E-state index in [4.69, 9.17) is 4.98 Å². The summed E-state index contributed by atoms with van der Waals surface area (Å²) in [7, 11) is 0. The van der Waals surface area contributed by atoms with Crippen molar-refractivity contribution in [2.24, 2.45) is 0 Å². The molecule has 0 radical (unpaired) electrons. The van der Waals surface area contributed by atoms with Gasteiger partial charge in [0.25, 0.3) is 0 Å². The lowest BCUT2D eigenvalue weighted by atomic mass is 9.86. The Labute approximate surface area is 160 Å². The highest BCUT2D eigenvalue weighted by molar-refractivity contribution is 9.11. The number of aromatic nitrogens is 2. The van der Waals surface area contributed by atoms with Gasteiger partial charge in [-0.25, -0.2) is 4.98 Å². The number of anilines is 1. The molecule has 2 fully saturated rings. The van der Waals surface area contributed by atoms with Gasteiger partial charge in [-0.3, -0.25) is 4.40 Å². The smallest absolute Gasteiger partial charge is 0.153 e. The number of nitrogens with zero attached hydrogens (tertiary/aromatic N) is 2. The average Bonchev–Trinajstić information content (AvgIpc) is 2.95. The van der Waals surface area contributed by atoms with Crippen LogP contribution in [-0.2, 0) is 0 Å². The number of rotatable bonds is 3. The predicted octanol–water partition coefficient (Wildman–Crippen LogP) is 6.65. The fourth-order valence-electron chi connectivity index (χ4n) is 4.34. The minimum Gasteiger partial charge on any atom is -0.367 e. The molecule has 0 spiro atoms. The summed E-state index contributed by atoms with van der Waals surface area (Å²) >= 11 is 7.34. The highest BCUT2D eigenvalue weighted by Crippen LogP contribution is 2.39. The standard InChI is InChI=1S/C19H25Br2N3/c20-14-11-16(21)18-23-17(13-7-3-1-4-8-13)19(24(18)12-14)22-15-9-5-2-6-10-15/h11-13,15,22H,1-10H2. The second kappa shape index (κ2) is 7.36. The first-order valence-electron chi connectivity index (χ1n) is 9.36. The van der Waals surface area contributed by atoms with Gasteiger partial charge in [0, 0.05) is 22.6 Å². The molecule has 1 N–H and O–H groups in total. The fraction of sp³-hybridized carbons (Fsp3) is 0.632. The van der Waals surface area contributed by atoms with E-state index in [0.717, 1.165) is 14.6 Å². The van der Waals surface area contributed by atoms with Gasteiger partial charge in [0.15, 0.2) is 5.65 Å². The van der Waals surface area contributed by atoms with E-state index in [-0.39, 0.29) is 0 Å². The molecule has 24 heavy (non-hydrogen) atoms. The van der Waals surface area contributed by atoms with Crippen molar-refractivity contribution in [1.82, 2.24) is 9.38 Å². The van der Waals surface area contributed by atoms with Crippen molar-refractivity contribution < 1.29 is 0 Å². The van der Waals surface area contributed by atoms with Crippen molar-refractivity contribution in [1.29, 1.82) is 0 Å². The van der Waals surface area contributed by atoms with Crippen LogP contribution in [0, 0.1) is 0 Å². The van der Waals surface area contributed by atoms with Crippen LogP contribution in [0.1, 0.15) is 75.8 Å². The molecule has 4 rings (SSSR count). The molecule has 3 nitrogen and oxygen atoms in total. The van der Waals surface area contributed by atoms with E-state index in [1.165, 1.54) is 75.7 Å². The normalized spacial score (nSPS) is 20.6. The maximum atomic E-state index is 5.08. The summed E-state index contributed by atoms with van der Waals surface area (Å²) < 4.78 is 4.40. The summed E-state index contributed by atoms with van der Waals surface area (Å²) in [5.74, 6) is 1.85. The van der Waals surface area contributed by atoms with E-state index in [9.17, 15) is 0 Å². The first kappa shape index (κ1) is 16.9. The van der Waals surface area contributed by atoms with Crippen molar-refractivity contribution >= 4 is 43.3 Å². The van der Waals surface area contributed by atoms with Crippen LogP contribution in [0.2, 0.25) is 0 Å². The molecule has 0 atom stereocenters. The zero-order valence-electron chi connectivity index (χ0n) is 14.0. The van der Waals surface area contributed by atoms with E-state index >= 15 is 0 Å². The highest BCUT2D eigenvalue weighted by Gasteiger charge is 2.26. The summed E-state index contributed by atoms with van der Waals surface area (Å²) in [4.78, 5) is 5.08. The van der Waals surface area contributed by atoms with Crippen LogP contribution < -0.4 is 5.32 Å². The first-order chi connectivity index (χ1) is 11.7. The lowest BCUT2D eigenvalue weighted by Gasteiger charge is -2.26. The fourth-order valence-corrected chi connectivity index (χ4v) is 5.60. The summed E-state index contributed by atoms with van der Waals surface area (Å²) in [5, 5.41) is 3.88. The summed E-state index contributed by atoms with van der Waals surface area (Å²) in [6.45, 7) is 0. The SMILES string of the molecule is Brc1cc(Br)c2nc(C3CCCCC3)c(NC3CCCCC3)n2c1. The first-order valence-corrected chi connectivity index (χ1v) is 10.9. The molecular weight excluding hydrogens is 430 g/mol. The Balaban J connectivity index is 1.76. The van der Waals surface area contributed by atoms with Gasteiger partial charge in [0.1, 0.15) is 5.82 Å². The molecule has 5 heteroatoms. The lowest BCUT2D eigenvalue weighted by Crippen LogP contribution is -2.24. The summed E-state index contributed by atoms with van der Waals surface area (Å²) in [6, 6.07) is 2.69. The topological polar surface area (TPSA) is 29.3 Å². The number of hydrogen-bond donors (Lipinski definition) is 1. The number of hydrogen-bond acceptors (Lipinski definition) is 2. The van der Waals surface area contributed by atoms with E-state index in [2.05, 4.69) is 53.8 Å². The predicted molar refractivity (Wildman–Crippen MR) is 107 cm³/mol. The number of nitrogens with one attached hydrogen (secondary N) is 1. The Morgan fingerprint density at radius 1 is 0.958 bits per heavy atom. The van der Waals surface area contributed by atoms with Crippen LogP contribution in [0.3, 0.4) is 0 Å². The van der Waals surface area contributed by atoms with Crippen molar-refractivity contribution in [3.05, 3.63) is 26.9 Å². The molecule has 0 aliphatic heterocycles. The van der Waals surface area contributed by atoms with E-state index in [1.807, 2.05) is 0 Å². The monoisotopic (exact) mass is 453 g/mol. The quantitative estimate of drug-likeness (QED) is 0.562. The number of halogens is 2. The maximum Gasteiger partial charge on any atom is 0.153 e. The zero-order chi connectivity index (χ0) is 16.5. The van der Waals surface area contributed by atoms with Crippen molar-refractivity contribution in [3.63, 3.8) is 0 Å². The lowest BCUT2D eigenvalue weighted by molar-refractivity contribution is 0.435. The van der Waals surface area contributed by atoms with E-state index in [0.29, 0.717) is 12.0 Å². The Morgan fingerprint density at radius 2 is 1.62 bits per heavy atom. The molecule has 2 aliphatic carbocycles. The third kappa shape index (κ3) is 3.39. The molecule has 2 aromatic heterocycles. The van der Waals surface area contributed by atoms with Crippen LogP contribution in [0.15, 0.2) is 21.2 Å². The molecule has 0 bridgehead atoms. The molecule has 130 valence electrons. The molecule has 2 saturated carbocycles. The number of imidazole rings is 1. The second-order valence-electron chi connectivity index (χ2n) is 7.36. The van der Waals surface area contributed by atoms with Gasteiger partial charge in [-0.2, -0.15) is 0 Å². The van der Waals surface area contributed by atoms with Crippen LogP contribution in [0.4, 0.5) is 5.82 Å². The van der Waals surface area contributed by atoms with Gasteiger partial charge < -0.3 is 5.32 Å². The van der Waals surface area contributed by atoms with Gasteiger partial charge in [-0.05, 0) is 63.6 Å². The second-order valence-corrected chi connectivity index (χ2v) is 9.13. The molecule has 0 amide bonds. The van der Waals surface area contributed by atoms with Crippen molar-refractivity contribution in [3.8, 4) is 0 Å². The third-order valence-corrected chi connectivity index (χ3v) is 6.62. The largest absolute Gasteiger partial charge is 0.367 e. The summed E-state index contributed by atoms with van der Waals surface area (Å²) in [5.41, 5.74) is 2.33. The Morgan fingerprint density at radius 3 is 2.33 bits per heavy atom. The van der Waals surface area contributed by atoms with Crippen molar-refractivity contribution in [2.75, 3.05) is 5.32 Å². The Hall–Kier alpha value is -0.550. The highest BCUT2D eigenvalue weighted by atomic mass is 79.9. The zero-order valence-corrected chi connectivity index (χ0v) is 17.2. The molecule has 0 saturated heterocycles. The van der Waals surface area contributed by atoms with Crippen LogP contribution >= 0.6 is 31.9 Å². The molecule has 0 aromatic carbocycles. The van der Waals surface area contributed by atoms with Gasteiger partial charge >= 0.3 is 0 Å². The van der Waals surface area contributed by atoms with Gasteiger partial charge in [0.2, 0.25) is 0 Å². The van der Waals surface area contributed by atoms with Crippen LogP contribution in [-0.4, -0.2) is 15.4 Å². The van der Waals surface area contributed by atoms with Gasteiger partial charge in [-0.1, -0.05) is 38.5 Å². The van der Waals surface area contributed by atoms with E-state index < -0.39 is 0 Å². The molecule has 2 heterocycles.